The van der Waals surface area contributed by atoms with Crippen LogP contribution < -0.4 is 5.73 Å². The SMILES string of the molecule is CC(C)CN(CC(C)C)C(=O)C1CC(N)C(C)CC1C. The van der Waals surface area contributed by atoms with E-state index in [-0.39, 0.29) is 12.0 Å². The van der Waals surface area contributed by atoms with E-state index >= 15 is 0 Å². The summed E-state index contributed by atoms with van der Waals surface area (Å²) in [4.78, 5) is 15.0. The first-order chi connectivity index (χ1) is 9.22. The van der Waals surface area contributed by atoms with Gasteiger partial charge in [0.2, 0.25) is 5.91 Å². The maximum Gasteiger partial charge on any atom is 0.226 e. The van der Waals surface area contributed by atoms with Crippen LogP contribution in [0.5, 0.6) is 0 Å². The fourth-order valence-corrected chi connectivity index (χ4v) is 3.40. The van der Waals surface area contributed by atoms with Crippen molar-refractivity contribution >= 4 is 5.91 Å². The van der Waals surface area contributed by atoms with Crippen molar-refractivity contribution in [3.8, 4) is 0 Å². The number of hydrogen-bond donors (Lipinski definition) is 1. The summed E-state index contributed by atoms with van der Waals surface area (Å²) in [5.74, 6) is 2.49. The van der Waals surface area contributed by atoms with E-state index in [0.29, 0.717) is 29.6 Å². The molecule has 0 aromatic rings. The third-order valence-corrected chi connectivity index (χ3v) is 4.49. The van der Waals surface area contributed by atoms with Gasteiger partial charge in [0.15, 0.2) is 0 Å². The molecule has 2 N–H and O–H groups in total. The Morgan fingerprint density at radius 3 is 2.00 bits per heavy atom. The largest absolute Gasteiger partial charge is 0.342 e. The van der Waals surface area contributed by atoms with Crippen LogP contribution >= 0.6 is 0 Å². The third kappa shape index (κ3) is 4.76. The van der Waals surface area contributed by atoms with E-state index in [1.54, 1.807) is 0 Å². The van der Waals surface area contributed by atoms with Gasteiger partial charge in [-0.25, -0.2) is 0 Å². The summed E-state index contributed by atoms with van der Waals surface area (Å²) < 4.78 is 0. The second-order valence-corrected chi connectivity index (χ2v) is 7.73. The second kappa shape index (κ2) is 7.44. The molecular weight excluding hydrogens is 248 g/mol. The summed E-state index contributed by atoms with van der Waals surface area (Å²) in [6.07, 6.45) is 1.93. The number of rotatable bonds is 5. The van der Waals surface area contributed by atoms with Crippen molar-refractivity contribution in [3.05, 3.63) is 0 Å². The molecule has 1 rings (SSSR count). The zero-order chi connectivity index (χ0) is 15.4. The standard InChI is InChI=1S/C17H34N2O/c1-11(2)9-19(10-12(3)4)17(20)15-8-16(18)14(6)7-13(15)5/h11-16H,7-10,18H2,1-6H3. The Balaban J connectivity index is 2.77. The van der Waals surface area contributed by atoms with Gasteiger partial charge in [-0.15, -0.1) is 0 Å². The van der Waals surface area contributed by atoms with E-state index in [0.717, 1.165) is 25.9 Å². The average molecular weight is 282 g/mol. The molecule has 0 heterocycles. The molecule has 118 valence electrons. The van der Waals surface area contributed by atoms with Crippen molar-refractivity contribution < 1.29 is 4.79 Å². The highest BCUT2D eigenvalue weighted by Crippen LogP contribution is 2.34. The van der Waals surface area contributed by atoms with Crippen LogP contribution in [0.25, 0.3) is 0 Å². The van der Waals surface area contributed by atoms with Gasteiger partial charge < -0.3 is 10.6 Å². The Morgan fingerprint density at radius 2 is 1.55 bits per heavy atom. The Kier molecular flexibility index (Phi) is 6.50. The van der Waals surface area contributed by atoms with Gasteiger partial charge in [0.05, 0.1) is 0 Å². The number of carbonyl (C=O) groups excluding carboxylic acids is 1. The van der Waals surface area contributed by atoms with E-state index in [1.807, 2.05) is 0 Å². The van der Waals surface area contributed by atoms with E-state index in [4.69, 9.17) is 5.73 Å². The highest BCUT2D eigenvalue weighted by atomic mass is 16.2. The predicted octanol–water partition coefficient (Wildman–Crippen LogP) is 3.14. The molecule has 1 fully saturated rings. The van der Waals surface area contributed by atoms with E-state index in [1.165, 1.54) is 0 Å². The van der Waals surface area contributed by atoms with Crippen molar-refractivity contribution in [2.75, 3.05) is 13.1 Å². The predicted molar refractivity (Wildman–Crippen MR) is 85.3 cm³/mol. The maximum absolute atomic E-state index is 12.9. The summed E-state index contributed by atoms with van der Waals surface area (Å²) in [7, 11) is 0. The lowest BCUT2D eigenvalue weighted by Gasteiger charge is -2.39. The number of amides is 1. The minimum atomic E-state index is 0.124. The molecule has 4 unspecified atom stereocenters. The summed E-state index contributed by atoms with van der Waals surface area (Å²) in [6.45, 7) is 14.9. The molecular formula is C17H34N2O. The van der Waals surface area contributed by atoms with Crippen LogP contribution in [0.3, 0.4) is 0 Å². The van der Waals surface area contributed by atoms with Crippen LogP contribution in [0.2, 0.25) is 0 Å². The minimum Gasteiger partial charge on any atom is -0.342 e. The number of nitrogens with zero attached hydrogens (tertiary/aromatic N) is 1. The van der Waals surface area contributed by atoms with Gasteiger partial charge in [0.1, 0.15) is 0 Å². The van der Waals surface area contributed by atoms with Crippen molar-refractivity contribution in [1.82, 2.24) is 4.90 Å². The van der Waals surface area contributed by atoms with E-state index in [9.17, 15) is 4.79 Å². The quantitative estimate of drug-likeness (QED) is 0.842. The maximum atomic E-state index is 12.9. The fourth-order valence-electron chi connectivity index (χ4n) is 3.40. The van der Waals surface area contributed by atoms with Gasteiger partial charge in [-0.05, 0) is 36.5 Å². The smallest absolute Gasteiger partial charge is 0.226 e. The van der Waals surface area contributed by atoms with Crippen molar-refractivity contribution in [2.24, 2.45) is 35.3 Å². The van der Waals surface area contributed by atoms with Gasteiger partial charge >= 0.3 is 0 Å². The molecule has 0 bridgehead atoms. The molecule has 0 aromatic carbocycles. The number of carbonyl (C=O) groups is 1. The molecule has 3 heteroatoms. The molecule has 0 saturated heterocycles. The third-order valence-electron chi connectivity index (χ3n) is 4.49. The van der Waals surface area contributed by atoms with Crippen molar-refractivity contribution in [3.63, 3.8) is 0 Å². The van der Waals surface area contributed by atoms with Crippen LogP contribution in [0.1, 0.15) is 54.4 Å². The minimum absolute atomic E-state index is 0.124. The zero-order valence-electron chi connectivity index (χ0n) is 14.2. The zero-order valence-corrected chi connectivity index (χ0v) is 14.2. The Hall–Kier alpha value is -0.570. The topological polar surface area (TPSA) is 46.3 Å². The van der Waals surface area contributed by atoms with Crippen LogP contribution in [-0.4, -0.2) is 29.9 Å². The summed E-state index contributed by atoms with van der Waals surface area (Å²) in [6, 6.07) is 0.181. The van der Waals surface area contributed by atoms with Crippen LogP contribution in [0.15, 0.2) is 0 Å². The van der Waals surface area contributed by atoms with Gasteiger partial charge in [0.25, 0.3) is 0 Å². The first-order valence-electron chi connectivity index (χ1n) is 8.26. The van der Waals surface area contributed by atoms with Crippen molar-refractivity contribution in [2.45, 2.75) is 60.4 Å². The number of nitrogens with two attached hydrogens (primary N) is 1. The average Bonchev–Trinajstić information content (AvgIpc) is 2.31. The second-order valence-electron chi connectivity index (χ2n) is 7.73. The molecule has 0 spiro atoms. The monoisotopic (exact) mass is 282 g/mol. The number of hydrogen-bond acceptors (Lipinski definition) is 2. The van der Waals surface area contributed by atoms with Gasteiger partial charge in [0, 0.05) is 25.0 Å². The highest BCUT2D eigenvalue weighted by molar-refractivity contribution is 5.79. The summed E-state index contributed by atoms with van der Waals surface area (Å²) >= 11 is 0. The Bertz CT molecular complexity index is 304. The molecule has 0 aromatic heterocycles. The van der Waals surface area contributed by atoms with Gasteiger partial charge in [-0.2, -0.15) is 0 Å². The lowest BCUT2D eigenvalue weighted by molar-refractivity contribution is -0.140. The van der Waals surface area contributed by atoms with Crippen LogP contribution in [0, 0.1) is 29.6 Å². The van der Waals surface area contributed by atoms with Crippen molar-refractivity contribution in [1.29, 1.82) is 0 Å². The lowest BCUT2D eigenvalue weighted by atomic mass is 9.72. The molecule has 1 saturated carbocycles. The Morgan fingerprint density at radius 1 is 1.05 bits per heavy atom. The molecule has 0 radical (unpaired) electrons. The summed E-state index contributed by atoms with van der Waals surface area (Å²) in [5.41, 5.74) is 6.20. The van der Waals surface area contributed by atoms with Gasteiger partial charge in [-0.1, -0.05) is 41.5 Å². The van der Waals surface area contributed by atoms with E-state index < -0.39 is 0 Å². The molecule has 3 nitrogen and oxygen atoms in total. The van der Waals surface area contributed by atoms with Gasteiger partial charge in [-0.3, -0.25) is 4.79 Å². The molecule has 1 aliphatic rings. The summed E-state index contributed by atoms with van der Waals surface area (Å²) in [5, 5.41) is 0. The van der Waals surface area contributed by atoms with E-state index in [2.05, 4.69) is 46.4 Å². The fraction of sp³-hybridized carbons (Fsp3) is 0.941. The molecule has 1 aliphatic carbocycles. The first-order valence-corrected chi connectivity index (χ1v) is 8.26. The molecule has 20 heavy (non-hydrogen) atoms. The molecule has 0 aliphatic heterocycles. The molecule has 4 atom stereocenters. The Labute approximate surface area is 125 Å². The highest BCUT2D eigenvalue weighted by Gasteiger charge is 2.37. The normalized spacial score (nSPS) is 30.9. The first kappa shape index (κ1) is 17.5. The lowest BCUT2D eigenvalue weighted by Crippen LogP contribution is -2.48. The molecule has 1 amide bonds. The van der Waals surface area contributed by atoms with Crippen LogP contribution in [-0.2, 0) is 4.79 Å². The van der Waals surface area contributed by atoms with Crippen LogP contribution in [0.4, 0.5) is 0 Å².